The molecule has 1 aromatic heterocycles. The minimum Gasteiger partial charge on any atom is -0.455 e. The van der Waals surface area contributed by atoms with Gasteiger partial charge in [-0.05, 0) is 62.5 Å². The van der Waals surface area contributed by atoms with Crippen LogP contribution in [0.1, 0.15) is 49.0 Å². The number of alkyl halides is 1. The average Bonchev–Trinajstić information content (AvgIpc) is 2.96. The lowest BCUT2D eigenvalue weighted by molar-refractivity contribution is -0.171. The smallest absolute Gasteiger partial charge is 0.312 e. The van der Waals surface area contributed by atoms with Gasteiger partial charge in [-0.15, -0.1) is 11.6 Å². The molecule has 1 heterocycles. The summed E-state index contributed by atoms with van der Waals surface area (Å²) >= 11 is 6.73. The number of nitrogens with one attached hydrogen (secondary N) is 1. The number of rotatable bonds is 4. The fraction of sp³-hybridized carbons (Fsp3) is 0.632. The lowest BCUT2D eigenvalue weighted by Crippen LogP contribution is -2.56. The normalized spacial score (nSPS) is 34.5. The minimum absolute atomic E-state index is 0.284. The van der Waals surface area contributed by atoms with Crippen molar-refractivity contribution in [2.75, 3.05) is 6.61 Å². The molecule has 0 spiro atoms. The van der Waals surface area contributed by atoms with Gasteiger partial charge in [-0.25, -0.2) is 0 Å². The van der Waals surface area contributed by atoms with E-state index in [4.69, 9.17) is 16.3 Å². The standard InChI is InChI=1S/C19H23ClN2O4/c1-22-4-2-3-14(22)16(24)21-15(23)10-26-17(25)18-6-12-5-13(7-18)9-19(20,8-12)11-18/h2-4,12-13H,5-11H2,1H3,(H,21,23,24)/t12-,13+,18?,19?. The number of carbonyl (C=O) groups excluding carboxylic acids is 3. The Hall–Kier alpha value is -1.82. The topological polar surface area (TPSA) is 77.4 Å². The monoisotopic (exact) mass is 378 g/mol. The summed E-state index contributed by atoms with van der Waals surface area (Å²) < 4.78 is 6.93. The molecule has 1 aromatic rings. The van der Waals surface area contributed by atoms with Crippen molar-refractivity contribution in [3.05, 3.63) is 24.0 Å². The van der Waals surface area contributed by atoms with Gasteiger partial charge in [-0.1, -0.05) is 0 Å². The van der Waals surface area contributed by atoms with Crippen LogP contribution in [0.3, 0.4) is 0 Å². The van der Waals surface area contributed by atoms with Crippen LogP contribution in [0.2, 0.25) is 0 Å². The third-order valence-electron chi connectivity index (χ3n) is 6.19. The van der Waals surface area contributed by atoms with E-state index in [2.05, 4.69) is 5.32 Å². The van der Waals surface area contributed by atoms with Crippen molar-refractivity contribution in [2.24, 2.45) is 24.3 Å². The Labute approximate surface area is 157 Å². The maximum atomic E-state index is 12.8. The van der Waals surface area contributed by atoms with Crippen LogP contribution >= 0.6 is 11.6 Å². The van der Waals surface area contributed by atoms with E-state index in [9.17, 15) is 14.4 Å². The lowest BCUT2D eigenvalue weighted by Gasteiger charge is -2.58. The van der Waals surface area contributed by atoms with Gasteiger partial charge in [0.25, 0.3) is 11.8 Å². The van der Waals surface area contributed by atoms with Crippen LogP contribution in [0.15, 0.2) is 18.3 Å². The van der Waals surface area contributed by atoms with Crippen LogP contribution in [-0.2, 0) is 21.4 Å². The van der Waals surface area contributed by atoms with E-state index in [-0.39, 0.29) is 10.8 Å². The number of esters is 1. The van der Waals surface area contributed by atoms with Gasteiger partial charge in [0.05, 0.1) is 5.41 Å². The molecule has 4 atom stereocenters. The summed E-state index contributed by atoms with van der Waals surface area (Å²) in [5, 5.41) is 2.26. The fourth-order valence-corrected chi connectivity index (χ4v) is 6.29. The Kier molecular flexibility index (Phi) is 4.14. The summed E-state index contributed by atoms with van der Waals surface area (Å²) in [5.74, 6) is -0.496. The van der Waals surface area contributed by atoms with Gasteiger partial charge in [0, 0.05) is 18.1 Å². The summed E-state index contributed by atoms with van der Waals surface area (Å²) in [5.41, 5.74) is -0.177. The Morgan fingerprint density at radius 3 is 2.54 bits per heavy atom. The molecular formula is C19H23ClN2O4. The largest absolute Gasteiger partial charge is 0.455 e. The minimum atomic E-state index is -0.616. The van der Waals surface area contributed by atoms with E-state index in [0.29, 0.717) is 24.0 Å². The molecule has 26 heavy (non-hydrogen) atoms. The van der Waals surface area contributed by atoms with Crippen LogP contribution in [-0.4, -0.2) is 33.8 Å². The molecule has 6 nitrogen and oxygen atoms in total. The molecule has 2 amide bonds. The maximum Gasteiger partial charge on any atom is 0.312 e. The van der Waals surface area contributed by atoms with Gasteiger partial charge in [0.2, 0.25) is 0 Å². The number of hydrogen-bond acceptors (Lipinski definition) is 4. The van der Waals surface area contributed by atoms with Crippen molar-refractivity contribution in [1.82, 2.24) is 9.88 Å². The van der Waals surface area contributed by atoms with Crippen molar-refractivity contribution >= 4 is 29.4 Å². The fourth-order valence-electron chi connectivity index (χ4n) is 5.60. The third-order valence-corrected chi connectivity index (χ3v) is 6.63. The number of nitrogens with zero attached hydrogens (tertiary/aromatic N) is 1. The molecule has 140 valence electrons. The molecular weight excluding hydrogens is 356 g/mol. The molecule has 0 saturated heterocycles. The molecule has 0 aliphatic heterocycles. The number of aryl methyl sites for hydroxylation is 1. The first-order valence-electron chi connectivity index (χ1n) is 9.10. The second-order valence-corrected chi connectivity index (χ2v) is 9.15. The highest BCUT2D eigenvalue weighted by atomic mass is 35.5. The molecule has 4 saturated carbocycles. The van der Waals surface area contributed by atoms with Crippen LogP contribution in [0.4, 0.5) is 0 Å². The predicted molar refractivity (Wildman–Crippen MR) is 94.5 cm³/mol. The third kappa shape index (κ3) is 3.04. The first kappa shape index (κ1) is 17.6. The summed E-state index contributed by atoms with van der Waals surface area (Å²) in [4.78, 5) is 36.5. The van der Waals surface area contributed by atoms with Crippen LogP contribution in [0.25, 0.3) is 0 Å². The molecule has 0 radical (unpaired) electrons. The summed E-state index contributed by atoms with van der Waals surface area (Å²) in [6.45, 7) is -0.443. The second kappa shape index (κ2) is 6.12. The lowest BCUT2D eigenvalue weighted by atomic mass is 9.49. The van der Waals surface area contributed by atoms with E-state index >= 15 is 0 Å². The molecule has 5 rings (SSSR count). The molecule has 2 unspecified atom stereocenters. The van der Waals surface area contributed by atoms with Crippen LogP contribution in [0.5, 0.6) is 0 Å². The van der Waals surface area contributed by atoms with E-state index in [1.54, 1.807) is 29.9 Å². The number of imide groups is 1. The van der Waals surface area contributed by atoms with Gasteiger partial charge in [0.1, 0.15) is 5.69 Å². The summed E-state index contributed by atoms with van der Waals surface area (Å²) in [6, 6.07) is 3.33. The Balaban J connectivity index is 1.35. The van der Waals surface area contributed by atoms with E-state index in [1.165, 1.54) is 0 Å². The SMILES string of the molecule is Cn1cccc1C(=O)NC(=O)COC(=O)C12C[C@@H]3C[C@@H](CC(Cl)(C3)C1)C2. The number of hydrogen-bond donors (Lipinski definition) is 1. The predicted octanol–water partition coefficient (Wildman–Crippen LogP) is 2.40. The first-order chi connectivity index (χ1) is 12.3. The molecule has 0 aromatic carbocycles. The highest BCUT2D eigenvalue weighted by Crippen LogP contribution is 2.64. The maximum absolute atomic E-state index is 12.8. The second-order valence-electron chi connectivity index (χ2n) is 8.35. The van der Waals surface area contributed by atoms with E-state index in [1.807, 2.05) is 0 Å². The zero-order valence-electron chi connectivity index (χ0n) is 14.8. The zero-order chi connectivity index (χ0) is 18.5. The van der Waals surface area contributed by atoms with Gasteiger partial charge in [-0.2, -0.15) is 0 Å². The molecule has 4 aliphatic carbocycles. The Morgan fingerprint density at radius 1 is 1.27 bits per heavy atom. The summed E-state index contributed by atoms with van der Waals surface area (Å²) in [7, 11) is 1.72. The van der Waals surface area contributed by atoms with Crippen molar-refractivity contribution in [3.63, 3.8) is 0 Å². The van der Waals surface area contributed by atoms with E-state index < -0.39 is 23.8 Å². The average molecular weight is 379 g/mol. The van der Waals surface area contributed by atoms with E-state index in [0.717, 1.165) is 32.1 Å². The number of aromatic nitrogens is 1. The number of carbonyl (C=O) groups is 3. The number of ether oxygens (including phenoxy) is 1. The number of amides is 2. The van der Waals surface area contributed by atoms with Crippen molar-refractivity contribution < 1.29 is 19.1 Å². The molecule has 4 aliphatic rings. The van der Waals surface area contributed by atoms with Gasteiger partial charge in [0.15, 0.2) is 6.61 Å². The molecule has 4 fully saturated rings. The number of halogens is 1. The molecule has 1 N–H and O–H groups in total. The van der Waals surface area contributed by atoms with Gasteiger partial charge in [-0.3, -0.25) is 19.7 Å². The quantitative estimate of drug-likeness (QED) is 0.644. The van der Waals surface area contributed by atoms with Gasteiger partial charge < -0.3 is 9.30 Å². The zero-order valence-corrected chi connectivity index (χ0v) is 15.6. The van der Waals surface area contributed by atoms with Crippen LogP contribution < -0.4 is 5.32 Å². The molecule has 4 bridgehead atoms. The molecule has 7 heteroatoms. The highest BCUT2D eigenvalue weighted by molar-refractivity contribution is 6.24. The van der Waals surface area contributed by atoms with Gasteiger partial charge >= 0.3 is 5.97 Å². The van der Waals surface area contributed by atoms with Crippen molar-refractivity contribution in [3.8, 4) is 0 Å². The van der Waals surface area contributed by atoms with Crippen LogP contribution in [0, 0.1) is 17.3 Å². The van der Waals surface area contributed by atoms with Crippen molar-refractivity contribution in [1.29, 1.82) is 0 Å². The highest BCUT2D eigenvalue weighted by Gasteiger charge is 2.60. The first-order valence-corrected chi connectivity index (χ1v) is 9.48. The van der Waals surface area contributed by atoms with Crippen molar-refractivity contribution in [2.45, 2.75) is 43.4 Å². The Bertz CT molecular complexity index is 757. The summed E-state index contributed by atoms with van der Waals surface area (Å²) in [6.07, 6.45) is 7.07. The Morgan fingerprint density at radius 2 is 1.96 bits per heavy atom.